The molecule has 1 aromatic carbocycles. The van der Waals surface area contributed by atoms with Crippen LogP contribution in [0.25, 0.3) is 0 Å². The van der Waals surface area contributed by atoms with Crippen LogP contribution in [0.15, 0.2) is 18.2 Å². The highest BCUT2D eigenvalue weighted by atomic mass is 16.5. The largest absolute Gasteiger partial charge is 0.497 e. The zero-order valence-electron chi connectivity index (χ0n) is 12.7. The first kappa shape index (κ1) is 14.2. The van der Waals surface area contributed by atoms with Gasteiger partial charge in [-0.25, -0.2) is 4.68 Å². The average Bonchev–Trinajstić information content (AvgIpc) is 2.70. The van der Waals surface area contributed by atoms with Crippen molar-refractivity contribution >= 4 is 5.69 Å². The summed E-state index contributed by atoms with van der Waals surface area (Å²) in [7, 11) is 5.22. The molecule has 1 aromatic heterocycles. The fourth-order valence-corrected chi connectivity index (χ4v) is 2.28. The van der Waals surface area contributed by atoms with Crippen LogP contribution in [0.5, 0.6) is 11.6 Å². The molecule has 0 amide bonds. The molecule has 0 fully saturated rings. The SMILES string of the molecule is COc1ccc(NCc2c(C)nn(C)c2OC)c(C)c1. The van der Waals surface area contributed by atoms with Crippen molar-refractivity contribution in [1.82, 2.24) is 9.78 Å². The quantitative estimate of drug-likeness (QED) is 0.911. The van der Waals surface area contributed by atoms with E-state index in [9.17, 15) is 0 Å². The molecule has 0 bridgehead atoms. The normalized spacial score (nSPS) is 10.4. The van der Waals surface area contributed by atoms with Crippen molar-refractivity contribution in [2.45, 2.75) is 20.4 Å². The van der Waals surface area contributed by atoms with Crippen molar-refractivity contribution in [3.8, 4) is 11.6 Å². The van der Waals surface area contributed by atoms with E-state index >= 15 is 0 Å². The van der Waals surface area contributed by atoms with Crippen molar-refractivity contribution in [3.05, 3.63) is 35.0 Å². The second-order valence-corrected chi connectivity index (χ2v) is 4.73. The molecule has 0 aliphatic heterocycles. The summed E-state index contributed by atoms with van der Waals surface area (Å²) in [6, 6.07) is 5.98. The molecule has 5 heteroatoms. The molecule has 0 saturated carbocycles. The highest BCUT2D eigenvalue weighted by Crippen LogP contribution is 2.25. The lowest BCUT2D eigenvalue weighted by Crippen LogP contribution is -2.04. The van der Waals surface area contributed by atoms with Crippen molar-refractivity contribution in [2.75, 3.05) is 19.5 Å². The van der Waals surface area contributed by atoms with E-state index in [1.807, 2.05) is 32.2 Å². The van der Waals surface area contributed by atoms with Gasteiger partial charge in [0.05, 0.1) is 25.5 Å². The van der Waals surface area contributed by atoms with Crippen LogP contribution in [0, 0.1) is 13.8 Å². The van der Waals surface area contributed by atoms with Crippen LogP contribution in [0.1, 0.15) is 16.8 Å². The Morgan fingerprint density at radius 2 is 1.95 bits per heavy atom. The number of ether oxygens (including phenoxy) is 2. The summed E-state index contributed by atoms with van der Waals surface area (Å²) in [5.74, 6) is 1.66. The van der Waals surface area contributed by atoms with Crippen LogP contribution < -0.4 is 14.8 Å². The van der Waals surface area contributed by atoms with Gasteiger partial charge in [0.1, 0.15) is 5.75 Å². The Balaban J connectivity index is 2.17. The molecule has 1 N–H and O–H groups in total. The molecule has 0 aliphatic carbocycles. The first-order valence-electron chi connectivity index (χ1n) is 6.51. The summed E-state index contributed by atoms with van der Waals surface area (Å²) in [4.78, 5) is 0. The van der Waals surface area contributed by atoms with Gasteiger partial charge in [-0.3, -0.25) is 0 Å². The molecule has 2 aromatic rings. The summed E-state index contributed by atoms with van der Waals surface area (Å²) in [6.07, 6.45) is 0. The van der Waals surface area contributed by atoms with E-state index in [1.165, 1.54) is 0 Å². The van der Waals surface area contributed by atoms with Crippen molar-refractivity contribution in [3.63, 3.8) is 0 Å². The van der Waals surface area contributed by atoms with E-state index in [1.54, 1.807) is 18.9 Å². The molecule has 0 aliphatic rings. The number of anilines is 1. The van der Waals surface area contributed by atoms with Gasteiger partial charge in [-0.05, 0) is 37.6 Å². The molecular formula is C15H21N3O2. The van der Waals surface area contributed by atoms with E-state index in [0.29, 0.717) is 6.54 Å². The Bertz CT molecular complexity index is 605. The lowest BCUT2D eigenvalue weighted by atomic mass is 10.1. The number of benzene rings is 1. The fraction of sp³-hybridized carbons (Fsp3) is 0.400. The molecular weight excluding hydrogens is 254 g/mol. The first-order valence-corrected chi connectivity index (χ1v) is 6.51. The number of aryl methyl sites for hydroxylation is 3. The molecule has 1 heterocycles. The Morgan fingerprint density at radius 3 is 2.55 bits per heavy atom. The molecule has 0 unspecified atom stereocenters. The minimum atomic E-state index is 0.677. The summed E-state index contributed by atoms with van der Waals surface area (Å²) in [5, 5.41) is 7.80. The fourth-order valence-electron chi connectivity index (χ4n) is 2.28. The van der Waals surface area contributed by atoms with Crippen LogP contribution in [0.4, 0.5) is 5.69 Å². The second kappa shape index (κ2) is 5.86. The summed E-state index contributed by atoms with van der Waals surface area (Å²) in [6.45, 7) is 4.72. The highest BCUT2D eigenvalue weighted by molar-refractivity contribution is 5.54. The summed E-state index contributed by atoms with van der Waals surface area (Å²) < 4.78 is 12.4. The maximum absolute atomic E-state index is 5.39. The summed E-state index contributed by atoms with van der Waals surface area (Å²) in [5.41, 5.74) is 4.27. The third-order valence-corrected chi connectivity index (χ3v) is 3.37. The van der Waals surface area contributed by atoms with E-state index in [2.05, 4.69) is 17.3 Å². The number of nitrogens with zero attached hydrogens (tertiary/aromatic N) is 2. The van der Waals surface area contributed by atoms with Gasteiger partial charge in [0.2, 0.25) is 5.88 Å². The van der Waals surface area contributed by atoms with Gasteiger partial charge >= 0.3 is 0 Å². The molecule has 5 nitrogen and oxygen atoms in total. The van der Waals surface area contributed by atoms with Crippen LogP contribution in [-0.2, 0) is 13.6 Å². The maximum Gasteiger partial charge on any atom is 0.216 e. The molecule has 2 rings (SSSR count). The smallest absolute Gasteiger partial charge is 0.216 e. The third kappa shape index (κ3) is 2.71. The predicted molar refractivity (Wildman–Crippen MR) is 79.6 cm³/mol. The molecule has 20 heavy (non-hydrogen) atoms. The number of methoxy groups -OCH3 is 2. The Labute approximate surface area is 119 Å². The van der Waals surface area contributed by atoms with Gasteiger partial charge in [0.15, 0.2) is 0 Å². The molecule has 108 valence electrons. The third-order valence-electron chi connectivity index (χ3n) is 3.37. The Hall–Kier alpha value is -2.17. The average molecular weight is 275 g/mol. The predicted octanol–water partition coefficient (Wildman–Crippen LogP) is 2.67. The van der Waals surface area contributed by atoms with Crippen molar-refractivity contribution < 1.29 is 9.47 Å². The van der Waals surface area contributed by atoms with Gasteiger partial charge < -0.3 is 14.8 Å². The first-order chi connectivity index (χ1) is 9.56. The Morgan fingerprint density at radius 1 is 1.20 bits per heavy atom. The molecule has 0 radical (unpaired) electrons. The van der Waals surface area contributed by atoms with Crippen molar-refractivity contribution in [1.29, 1.82) is 0 Å². The summed E-state index contributed by atoms with van der Waals surface area (Å²) >= 11 is 0. The minimum absolute atomic E-state index is 0.677. The number of hydrogen-bond acceptors (Lipinski definition) is 4. The lowest BCUT2D eigenvalue weighted by molar-refractivity contribution is 0.370. The molecule has 0 atom stereocenters. The molecule has 0 saturated heterocycles. The zero-order chi connectivity index (χ0) is 14.7. The number of rotatable bonds is 5. The van der Waals surface area contributed by atoms with Gasteiger partial charge in [-0.15, -0.1) is 0 Å². The minimum Gasteiger partial charge on any atom is -0.497 e. The standard InChI is InChI=1S/C15H21N3O2/c1-10-8-12(19-4)6-7-14(10)16-9-13-11(2)17-18(3)15(13)20-5/h6-8,16H,9H2,1-5H3. The van der Waals surface area contributed by atoms with Crippen LogP contribution >= 0.6 is 0 Å². The number of aromatic nitrogens is 2. The second-order valence-electron chi connectivity index (χ2n) is 4.73. The van der Waals surface area contributed by atoms with Crippen LogP contribution in [0.2, 0.25) is 0 Å². The number of hydrogen-bond donors (Lipinski definition) is 1. The lowest BCUT2D eigenvalue weighted by Gasteiger charge is -2.11. The van der Waals surface area contributed by atoms with E-state index in [0.717, 1.165) is 34.1 Å². The van der Waals surface area contributed by atoms with Crippen LogP contribution in [-0.4, -0.2) is 24.0 Å². The van der Waals surface area contributed by atoms with Crippen LogP contribution in [0.3, 0.4) is 0 Å². The van der Waals surface area contributed by atoms with E-state index < -0.39 is 0 Å². The molecule has 0 spiro atoms. The monoisotopic (exact) mass is 275 g/mol. The highest BCUT2D eigenvalue weighted by Gasteiger charge is 2.13. The van der Waals surface area contributed by atoms with E-state index in [4.69, 9.17) is 9.47 Å². The van der Waals surface area contributed by atoms with Crippen molar-refractivity contribution in [2.24, 2.45) is 7.05 Å². The Kier molecular flexibility index (Phi) is 4.17. The van der Waals surface area contributed by atoms with Gasteiger partial charge in [0.25, 0.3) is 0 Å². The van der Waals surface area contributed by atoms with Gasteiger partial charge in [-0.1, -0.05) is 0 Å². The zero-order valence-corrected chi connectivity index (χ0v) is 12.7. The van der Waals surface area contributed by atoms with E-state index in [-0.39, 0.29) is 0 Å². The van der Waals surface area contributed by atoms with Gasteiger partial charge in [0, 0.05) is 19.3 Å². The number of nitrogens with one attached hydrogen (secondary N) is 1. The van der Waals surface area contributed by atoms with Gasteiger partial charge in [-0.2, -0.15) is 5.10 Å². The maximum atomic E-state index is 5.39. The topological polar surface area (TPSA) is 48.3 Å².